The Morgan fingerprint density at radius 3 is 2.39 bits per heavy atom. The monoisotopic (exact) mass is 512 g/mol. The highest BCUT2D eigenvalue weighted by Gasteiger charge is 2.39. The number of likely N-dealkylation sites (tertiary alicyclic amines) is 1. The summed E-state index contributed by atoms with van der Waals surface area (Å²) < 4.78 is 52.7. The molecule has 1 aliphatic rings. The number of esters is 1. The van der Waals surface area contributed by atoms with E-state index in [1.807, 2.05) is 59.5 Å². The summed E-state index contributed by atoms with van der Waals surface area (Å²) >= 11 is 0. The van der Waals surface area contributed by atoms with Gasteiger partial charge in [0.2, 0.25) is 10.0 Å². The molecule has 4 rings (SSSR count). The van der Waals surface area contributed by atoms with E-state index in [2.05, 4.69) is 4.72 Å². The molecule has 0 radical (unpaired) electrons. The molecule has 0 spiro atoms. The van der Waals surface area contributed by atoms with Crippen molar-refractivity contribution in [1.29, 1.82) is 0 Å². The number of nitrogens with one attached hydrogen (secondary N) is 1. The molecule has 9 heteroatoms. The number of benzene rings is 3. The van der Waals surface area contributed by atoms with Gasteiger partial charge in [-0.3, -0.25) is 9.69 Å². The first-order valence-corrected chi connectivity index (χ1v) is 13.2. The minimum atomic E-state index is -4.01. The van der Waals surface area contributed by atoms with E-state index in [-0.39, 0.29) is 23.7 Å². The molecular formula is C27H29FN2O5S. The average molecular weight is 513 g/mol. The summed E-state index contributed by atoms with van der Waals surface area (Å²) in [6.07, 6.45) is 0.249. The Kier molecular flexibility index (Phi) is 8.03. The van der Waals surface area contributed by atoms with Crippen LogP contribution in [0, 0.1) is 5.82 Å². The highest BCUT2D eigenvalue weighted by molar-refractivity contribution is 7.89. The van der Waals surface area contributed by atoms with Crippen molar-refractivity contribution in [3.63, 3.8) is 0 Å². The van der Waals surface area contributed by atoms with Crippen molar-refractivity contribution in [2.24, 2.45) is 0 Å². The molecule has 0 bridgehead atoms. The number of carbonyl (C=O) groups excluding carboxylic acids is 1. The standard InChI is InChI=1S/C27H29FN2O5S/c1-3-35-27(31)25-15-22(29-36(32,33)23-13-14-26(34-2)24(28)16-23)18-30(25)17-19-9-11-21(12-10-19)20-7-5-4-6-8-20/h4-14,16,22,25,29H,3,15,17-18H2,1-2H3/t22-,25-/m0/s1. The summed E-state index contributed by atoms with van der Waals surface area (Å²) in [4.78, 5) is 14.4. The van der Waals surface area contributed by atoms with E-state index >= 15 is 0 Å². The van der Waals surface area contributed by atoms with E-state index in [0.29, 0.717) is 13.1 Å². The average Bonchev–Trinajstić information content (AvgIpc) is 3.26. The maximum absolute atomic E-state index is 14.1. The largest absolute Gasteiger partial charge is 0.494 e. The number of rotatable bonds is 9. The zero-order chi connectivity index (χ0) is 25.7. The summed E-state index contributed by atoms with van der Waals surface area (Å²) in [7, 11) is -2.70. The van der Waals surface area contributed by atoms with Gasteiger partial charge in [-0.25, -0.2) is 17.5 Å². The Morgan fingerprint density at radius 2 is 1.75 bits per heavy atom. The van der Waals surface area contributed by atoms with Gasteiger partial charge in [-0.15, -0.1) is 0 Å². The van der Waals surface area contributed by atoms with Gasteiger partial charge in [0.1, 0.15) is 6.04 Å². The fourth-order valence-electron chi connectivity index (χ4n) is 4.42. The number of halogens is 1. The molecule has 0 aliphatic carbocycles. The van der Waals surface area contributed by atoms with E-state index in [1.54, 1.807) is 6.92 Å². The van der Waals surface area contributed by atoms with E-state index in [0.717, 1.165) is 22.8 Å². The Hall–Kier alpha value is -3.27. The molecule has 3 aromatic rings. The Bertz CT molecular complexity index is 1300. The third kappa shape index (κ3) is 5.92. The predicted molar refractivity (Wildman–Crippen MR) is 134 cm³/mol. The van der Waals surface area contributed by atoms with Crippen LogP contribution in [-0.2, 0) is 26.1 Å². The van der Waals surface area contributed by atoms with Gasteiger partial charge in [-0.1, -0.05) is 54.6 Å². The molecule has 2 atom stereocenters. The maximum atomic E-state index is 14.1. The number of methoxy groups -OCH3 is 1. The lowest BCUT2D eigenvalue weighted by atomic mass is 10.0. The van der Waals surface area contributed by atoms with Crippen molar-refractivity contribution in [2.45, 2.75) is 36.9 Å². The zero-order valence-electron chi connectivity index (χ0n) is 20.2. The molecule has 190 valence electrons. The molecule has 7 nitrogen and oxygen atoms in total. The summed E-state index contributed by atoms with van der Waals surface area (Å²) in [6.45, 7) is 2.73. The van der Waals surface area contributed by atoms with Crippen LogP contribution in [-0.4, -0.2) is 51.6 Å². The third-order valence-electron chi connectivity index (χ3n) is 6.16. The topological polar surface area (TPSA) is 84.9 Å². The molecule has 0 aromatic heterocycles. The van der Waals surface area contributed by atoms with Gasteiger partial charge in [0.25, 0.3) is 0 Å². The molecule has 1 aliphatic heterocycles. The van der Waals surface area contributed by atoms with Crippen LogP contribution in [0.1, 0.15) is 18.9 Å². The molecular weight excluding hydrogens is 483 g/mol. The lowest BCUT2D eigenvalue weighted by Gasteiger charge is -2.22. The molecule has 0 saturated carbocycles. The zero-order valence-corrected chi connectivity index (χ0v) is 21.0. The number of hydrogen-bond acceptors (Lipinski definition) is 6. The second-order valence-corrected chi connectivity index (χ2v) is 10.3. The minimum absolute atomic E-state index is 0.0401. The van der Waals surface area contributed by atoms with Crippen molar-refractivity contribution >= 4 is 16.0 Å². The number of nitrogens with zero attached hydrogens (tertiary/aromatic N) is 1. The molecule has 1 N–H and O–H groups in total. The van der Waals surface area contributed by atoms with Crippen molar-refractivity contribution in [3.05, 3.63) is 84.2 Å². The Morgan fingerprint density at radius 1 is 1.06 bits per heavy atom. The van der Waals surface area contributed by atoms with Gasteiger partial charge in [0.15, 0.2) is 11.6 Å². The van der Waals surface area contributed by atoms with Crippen LogP contribution in [0.5, 0.6) is 5.75 Å². The van der Waals surface area contributed by atoms with Gasteiger partial charge < -0.3 is 9.47 Å². The summed E-state index contributed by atoms with van der Waals surface area (Å²) in [5.41, 5.74) is 3.18. The van der Waals surface area contributed by atoms with Gasteiger partial charge in [-0.2, -0.15) is 0 Å². The van der Waals surface area contributed by atoms with E-state index in [4.69, 9.17) is 9.47 Å². The van der Waals surface area contributed by atoms with Gasteiger partial charge >= 0.3 is 5.97 Å². The van der Waals surface area contributed by atoms with Crippen LogP contribution in [0.15, 0.2) is 77.7 Å². The lowest BCUT2D eigenvalue weighted by molar-refractivity contribution is -0.148. The first kappa shape index (κ1) is 25.8. The highest BCUT2D eigenvalue weighted by atomic mass is 32.2. The number of carbonyl (C=O) groups is 1. The Balaban J connectivity index is 1.49. The summed E-state index contributed by atoms with van der Waals surface area (Å²) in [5, 5.41) is 0. The van der Waals surface area contributed by atoms with Gasteiger partial charge in [-0.05, 0) is 48.2 Å². The van der Waals surface area contributed by atoms with Crippen LogP contribution in [0.4, 0.5) is 4.39 Å². The molecule has 1 fully saturated rings. The fraction of sp³-hybridized carbons (Fsp3) is 0.296. The van der Waals surface area contributed by atoms with Crippen molar-refractivity contribution in [1.82, 2.24) is 9.62 Å². The number of ether oxygens (including phenoxy) is 2. The van der Waals surface area contributed by atoms with Crippen LogP contribution < -0.4 is 9.46 Å². The molecule has 3 aromatic carbocycles. The van der Waals surface area contributed by atoms with E-state index in [9.17, 15) is 17.6 Å². The second kappa shape index (κ2) is 11.2. The van der Waals surface area contributed by atoms with Gasteiger partial charge in [0.05, 0.1) is 18.6 Å². The third-order valence-corrected chi connectivity index (χ3v) is 7.68. The van der Waals surface area contributed by atoms with Crippen molar-refractivity contribution in [2.75, 3.05) is 20.3 Å². The first-order valence-electron chi connectivity index (χ1n) is 11.7. The second-order valence-electron chi connectivity index (χ2n) is 8.61. The smallest absolute Gasteiger partial charge is 0.323 e. The van der Waals surface area contributed by atoms with Crippen LogP contribution in [0.25, 0.3) is 11.1 Å². The fourth-order valence-corrected chi connectivity index (χ4v) is 5.67. The lowest BCUT2D eigenvalue weighted by Crippen LogP contribution is -2.38. The van der Waals surface area contributed by atoms with Gasteiger partial charge in [0, 0.05) is 19.1 Å². The van der Waals surface area contributed by atoms with E-state index < -0.39 is 33.9 Å². The molecule has 0 unspecified atom stereocenters. The molecule has 0 amide bonds. The van der Waals surface area contributed by atoms with Crippen molar-refractivity contribution < 1.29 is 27.1 Å². The minimum Gasteiger partial charge on any atom is -0.494 e. The maximum Gasteiger partial charge on any atom is 0.323 e. The van der Waals surface area contributed by atoms with Crippen molar-refractivity contribution in [3.8, 4) is 16.9 Å². The first-order chi connectivity index (χ1) is 17.3. The number of hydrogen-bond donors (Lipinski definition) is 1. The summed E-state index contributed by atoms with van der Waals surface area (Å²) in [6, 6.07) is 20.4. The molecule has 1 heterocycles. The highest BCUT2D eigenvalue weighted by Crippen LogP contribution is 2.26. The van der Waals surface area contributed by atoms with Crippen LogP contribution in [0.3, 0.4) is 0 Å². The molecule has 36 heavy (non-hydrogen) atoms. The Labute approximate surface area is 210 Å². The van der Waals surface area contributed by atoms with Crippen LogP contribution >= 0.6 is 0 Å². The summed E-state index contributed by atoms with van der Waals surface area (Å²) in [5.74, 6) is -1.20. The quantitative estimate of drug-likeness (QED) is 0.437. The van der Waals surface area contributed by atoms with E-state index in [1.165, 1.54) is 19.2 Å². The van der Waals surface area contributed by atoms with Crippen LogP contribution in [0.2, 0.25) is 0 Å². The predicted octanol–water partition coefficient (Wildman–Crippen LogP) is 3.99. The molecule has 1 saturated heterocycles. The SMILES string of the molecule is CCOC(=O)[C@@H]1C[C@H](NS(=O)(=O)c2ccc(OC)c(F)c2)CN1Cc1ccc(-c2ccccc2)cc1. The normalized spacial score (nSPS) is 18.2. The number of sulfonamides is 1.